The summed E-state index contributed by atoms with van der Waals surface area (Å²) in [4.78, 5) is 4.49. The van der Waals surface area contributed by atoms with Gasteiger partial charge in [0.2, 0.25) is 0 Å². The van der Waals surface area contributed by atoms with Crippen LogP contribution in [0.25, 0.3) is 10.8 Å². The molecule has 1 aliphatic heterocycles. The van der Waals surface area contributed by atoms with Crippen molar-refractivity contribution in [2.24, 2.45) is 0 Å². The first-order valence-corrected chi connectivity index (χ1v) is 6.12. The molecule has 1 aliphatic rings. The molecule has 1 atom stereocenters. The monoisotopic (exact) mass is 228 g/mol. The Kier molecular flexibility index (Phi) is 2.69. The highest BCUT2D eigenvalue weighted by molar-refractivity contribution is 5.88. The summed E-state index contributed by atoms with van der Waals surface area (Å²) in [6.07, 6.45) is 3.17. The molecule has 3 rings (SSSR count). The Morgan fingerprint density at radius 2 is 2.29 bits per heavy atom. The molecule has 0 amide bonds. The van der Waals surface area contributed by atoms with Gasteiger partial charge in [-0.2, -0.15) is 0 Å². The van der Waals surface area contributed by atoms with Gasteiger partial charge in [-0.3, -0.25) is 4.98 Å². The number of hydrogen-bond donors (Lipinski definition) is 1. The predicted octanol–water partition coefficient (Wildman–Crippen LogP) is 2.50. The fourth-order valence-electron chi connectivity index (χ4n) is 2.22. The van der Waals surface area contributed by atoms with Crippen molar-refractivity contribution in [1.82, 2.24) is 10.3 Å². The van der Waals surface area contributed by atoms with Crippen LogP contribution in [-0.4, -0.2) is 17.6 Å². The van der Waals surface area contributed by atoms with Crippen LogP contribution < -0.4 is 10.1 Å². The lowest BCUT2D eigenvalue weighted by atomic mass is 10.1. The second-order valence-electron chi connectivity index (χ2n) is 4.40. The number of benzene rings is 1. The quantitative estimate of drug-likeness (QED) is 0.814. The van der Waals surface area contributed by atoms with Crippen LogP contribution in [0.4, 0.5) is 0 Å². The number of hydrogen-bond acceptors (Lipinski definition) is 3. The molecular formula is C14H16N2O. The van der Waals surface area contributed by atoms with Crippen molar-refractivity contribution in [3.8, 4) is 5.75 Å². The molecule has 1 N–H and O–H groups in total. The van der Waals surface area contributed by atoms with Crippen LogP contribution in [0.1, 0.15) is 19.0 Å². The Bertz CT molecular complexity index is 539. The number of nitrogens with one attached hydrogen (secondary N) is 1. The van der Waals surface area contributed by atoms with Crippen molar-refractivity contribution in [2.75, 3.05) is 6.54 Å². The minimum absolute atomic E-state index is 0.240. The smallest absolute Gasteiger partial charge is 0.150 e. The molecule has 0 radical (unpaired) electrons. The summed E-state index contributed by atoms with van der Waals surface area (Å²) in [5.41, 5.74) is 1.01. The molecule has 2 heterocycles. The summed E-state index contributed by atoms with van der Waals surface area (Å²) in [6, 6.07) is 8.26. The van der Waals surface area contributed by atoms with Gasteiger partial charge in [-0.05, 0) is 6.42 Å². The Balaban J connectivity index is 2.16. The first kappa shape index (κ1) is 10.5. The summed E-state index contributed by atoms with van der Waals surface area (Å²) in [5, 5.41) is 5.69. The van der Waals surface area contributed by atoms with Crippen LogP contribution in [-0.2, 0) is 6.54 Å². The van der Waals surface area contributed by atoms with Gasteiger partial charge in [-0.15, -0.1) is 0 Å². The van der Waals surface area contributed by atoms with E-state index in [1.54, 1.807) is 0 Å². The van der Waals surface area contributed by atoms with E-state index < -0.39 is 0 Å². The molecule has 0 saturated heterocycles. The van der Waals surface area contributed by atoms with Crippen LogP contribution in [0.5, 0.6) is 5.75 Å². The first-order valence-electron chi connectivity index (χ1n) is 6.12. The van der Waals surface area contributed by atoms with E-state index in [0.29, 0.717) is 0 Å². The van der Waals surface area contributed by atoms with Crippen LogP contribution in [0.3, 0.4) is 0 Å². The summed E-state index contributed by atoms with van der Waals surface area (Å²) in [5.74, 6) is 0.958. The Morgan fingerprint density at radius 1 is 1.41 bits per heavy atom. The van der Waals surface area contributed by atoms with Crippen LogP contribution >= 0.6 is 0 Å². The highest BCUT2D eigenvalue weighted by atomic mass is 16.5. The summed E-state index contributed by atoms with van der Waals surface area (Å²) in [7, 11) is 0. The van der Waals surface area contributed by atoms with Gasteiger partial charge in [0.05, 0.1) is 5.69 Å². The SMILES string of the molecule is CCC1CNCc2ncc3ccccc3c2O1. The summed E-state index contributed by atoms with van der Waals surface area (Å²) < 4.78 is 6.09. The number of nitrogens with zero attached hydrogens (tertiary/aromatic N) is 1. The molecule has 0 saturated carbocycles. The molecule has 0 fully saturated rings. The number of rotatable bonds is 1. The van der Waals surface area contributed by atoms with Gasteiger partial charge in [0, 0.05) is 30.1 Å². The van der Waals surface area contributed by atoms with Crippen molar-refractivity contribution < 1.29 is 4.74 Å². The molecule has 0 aliphatic carbocycles. The van der Waals surface area contributed by atoms with Crippen molar-refractivity contribution in [3.05, 3.63) is 36.2 Å². The molecule has 17 heavy (non-hydrogen) atoms. The minimum atomic E-state index is 0.240. The zero-order chi connectivity index (χ0) is 11.7. The third-order valence-corrected chi connectivity index (χ3v) is 3.23. The Morgan fingerprint density at radius 3 is 3.18 bits per heavy atom. The fraction of sp³-hybridized carbons (Fsp3) is 0.357. The van der Waals surface area contributed by atoms with E-state index in [1.807, 2.05) is 18.3 Å². The first-order chi connectivity index (χ1) is 8.38. The summed E-state index contributed by atoms with van der Waals surface area (Å²) in [6.45, 7) is 3.83. The number of fused-ring (bicyclic) bond motifs is 3. The largest absolute Gasteiger partial charge is 0.486 e. The van der Waals surface area contributed by atoms with E-state index in [-0.39, 0.29) is 6.10 Å². The molecule has 3 heteroatoms. The van der Waals surface area contributed by atoms with E-state index in [4.69, 9.17) is 4.74 Å². The maximum Gasteiger partial charge on any atom is 0.150 e. The van der Waals surface area contributed by atoms with E-state index in [9.17, 15) is 0 Å². The van der Waals surface area contributed by atoms with Crippen molar-refractivity contribution in [2.45, 2.75) is 26.0 Å². The second kappa shape index (κ2) is 4.34. The van der Waals surface area contributed by atoms with Crippen molar-refractivity contribution in [3.63, 3.8) is 0 Å². The second-order valence-corrected chi connectivity index (χ2v) is 4.40. The van der Waals surface area contributed by atoms with Crippen molar-refractivity contribution >= 4 is 10.8 Å². The Hall–Kier alpha value is -1.61. The third-order valence-electron chi connectivity index (χ3n) is 3.23. The molecule has 0 spiro atoms. The molecule has 3 nitrogen and oxygen atoms in total. The third kappa shape index (κ3) is 1.87. The van der Waals surface area contributed by atoms with Gasteiger partial charge in [0.15, 0.2) is 0 Å². The lowest BCUT2D eigenvalue weighted by molar-refractivity contribution is 0.204. The maximum atomic E-state index is 6.09. The van der Waals surface area contributed by atoms with Crippen LogP contribution in [0.2, 0.25) is 0 Å². The topological polar surface area (TPSA) is 34.2 Å². The van der Waals surface area contributed by atoms with Gasteiger partial charge in [0.25, 0.3) is 0 Å². The highest BCUT2D eigenvalue weighted by Gasteiger charge is 2.18. The lowest BCUT2D eigenvalue weighted by Gasteiger charge is -2.16. The summed E-state index contributed by atoms with van der Waals surface area (Å²) >= 11 is 0. The van der Waals surface area contributed by atoms with E-state index >= 15 is 0 Å². The normalized spacial score (nSPS) is 19.5. The zero-order valence-electron chi connectivity index (χ0n) is 9.94. The van der Waals surface area contributed by atoms with Crippen LogP contribution in [0.15, 0.2) is 30.5 Å². The average molecular weight is 228 g/mol. The zero-order valence-corrected chi connectivity index (χ0v) is 9.94. The Labute approximate surface area is 101 Å². The molecular weight excluding hydrogens is 212 g/mol. The van der Waals surface area contributed by atoms with Gasteiger partial charge in [-0.1, -0.05) is 31.2 Å². The van der Waals surface area contributed by atoms with Gasteiger partial charge in [-0.25, -0.2) is 0 Å². The van der Waals surface area contributed by atoms with Gasteiger partial charge in [0.1, 0.15) is 11.9 Å². The maximum absolute atomic E-state index is 6.09. The molecule has 2 aromatic rings. The minimum Gasteiger partial charge on any atom is -0.486 e. The number of aromatic nitrogens is 1. The number of ether oxygens (including phenoxy) is 1. The van der Waals surface area contributed by atoms with E-state index in [0.717, 1.165) is 36.3 Å². The molecule has 0 bridgehead atoms. The molecule has 1 aromatic heterocycles. The van der Waals surface area contributed by atoms with Gasteiger partial charge < -0.3 is 10.1 Å². The standard InChI is InChI=1S/C14H16N2O/c1-2-11-8-15-9-13-14(17-11)12-6-4-3-5-10(12)7-16-13/h3-7,11,15H,2,8-9H2,1H3. The van der Waals surface area contributed by atoms with E-state index in [2.05, 4.69) is 29.4 Å². The molecule has 88 valence electrons. The average Bonchev–Trinajstić information content (AvgIpc) is 2.60. The van der Waals surface area contributed by atoms with Crippen molar-refractivity contribution in [1.29, 1.82) is 0 Å². The van der Waals surface area contributed by atoms with Gasteiger partial charge >= 0.3 is 0 Å². The highest BCUT2D eigenvalue weighted by Crippen LogP contribution is 2.30. The van der Waals surface area contributed by atoms with Crippen LogP contribution in [0, 0.1) is 0 Å². The van der Waals surface area contributed by atoms with E-state index in [1.165, 1.54) is 5.39 Å². The fourth-order valence-corrected chi connectivity index (χ4v) is 2.22. The molecule has 1 aromatic carbocycles. The lowest BCUT2D eigenvalue weighted by Crippen LogP contribution is -2.27. The molecule has 1 unspecified atom stereocenters. The predicted molar refractivity (Wildman–Crippen MR) is 68.2 cm³/mol. The number of pyridine rings is 1.